The molecule has 0 aliphatic heterocycles. The van der Waals surface area contributed by atoms with E-state index in [9.17, 15) is 9.18 Å². The van der Waals surface area contributed by atoms with E-state index in [-0.39, 0.29) is 11.5 Å². The van der Waals surface area contributed by atoms with E-state index in [1.54, 1.807) is 0 Å². The van der Waals surface area contributed by atoms with Crippen molar-refractivity contribution in [3.8, 4) is 0 Å². The molecule has 106 valence electrons. The van der Waals surface area contributed by atoms with Crippen LogP contribution in [0, 0.1) is 17.7 Å². The molecule has 0 spiro atoms. The summed E-state index contributed by atoms with van der Waals surface area (Å²) in [4.78, 5) is 11.6. The van der Waals surface area contributed by atoms with E-state index in [0.29, 0.717) is 24.7 Å². The van der Waals surface area contributed by atoms with Crippen molar-refractivity contribution in [2.75, 3.05) is 25.5 Å². The molecule has 0 aromatic heterocycles. The SMILES string of the molecule is COC(=O)c1cc(F)ccc1NCC(CN)C(C)C. The smallest absolute Gasteiger partial charge is 0.340 e. The molecule has 1 rings (SSSR count). The predicted molar refractivity (Wildman–Crippen MR) is 73.6 cm³/mol. The number of methoxy groups -OCH3 is 1. The summed E-state index contributed by atoms with van der Waals surface area (Å²) in [6, 6.07) is 4.01. The Morgan fingerprint density at radius 1 is 1.47 bits per heavy atom. The van der Waals surface area contributed by atoms with Crippen LogP contribution >= 0.6 is 0 Å². The summed E-state index contributed by atoms with van der Waals surface area (Å²) in [5.74, 6) is -0.309. The molecule has 0 saturated heterocycles. The molecule has 4 nitrogen and oxygen atoms in total. The lowest BCUT2D eigenvalue weighted by atomic mass is 9.96. The fraction of sp³-hybridized carbons (Fsp3) is 0.500. The zero-order valence-electron chi connectivity index (χ0n) is 11.6. The summed E-state index contributed by atoms with van der Waals surface area (Å²) in [6.45, 7) is 5.36. The minimum absolute atomic E-state index is 0.196. The van der Waals surface area contributed by atoms with Crippen molar-refractivity contribution in [1.29, 1.82) is 0 Å². The molecule has 0 radical (unpaired) electrons. The first-order chi connectivity index (χ1) is 8.99. The number of esters is 1. The molecular weight excluding hydrogens is 247 g/mol. The van der Waals surface area contributed by atoms with Gasteiger partial charge in [0.05, 0.1) is 12.7 Å². The van der Waals surface area contributed by atoms with Gasteiger partial charge in [-0.3, -0.25) is 0 Å². The van der Waals surface area contributed by atoms with Crippen LogP contribution in [0.3, 0.4) is 0 Å². The van der Waals surface area contributed by atoms with Crippen LogP contribution < -0.4 is 11.1 Å². The van der Waals surface area contributed by atoms with Crippen molar-refractivity contribution in [2.24, 2.45) is 17.6 Å². The number of anilines is 1. The van der Waals surface area contributed by atoms with Gasteiger partial charge in [-0.2, -0.15) is 0 Å². The van der Waals surface area contributed by atoms with Crippen LogP contribution in [0.2, 0.25) is 0 Å². The van der Waals surface area contributed by atoms with Crippen molar-refractivity contribution < 1.29 is 13.9 Å². The highest BCUT2D eigenvalue weighted by molar-refractivity contribution is 5.95. The Morgan fingerprint density at radius 3 is 2.68 bits per heavy atom. The molecule has 1 unspecified atom stereocenters. The Kier molecular flexibility index (Phi) is 5.76. The predicted octanol–water partition coefficient (Wildman–Crippen LogP) is 2.26. The zero-order chi connectivity index (χ0) is 14.4. The number of carbonyl (C=O) groups is 1. The molecule has 0 aliphatic rings. The summed E-state index contributed by atoms with van der Waals surface area (Å²) in [7, 11) is 1.27. The van der Waals surface area contributed by atoms with Gasteiger partial charge >= 0.3 is 5.97 Å². The molecule has 19 heavy (non-hydrogen) atoms. The fourth-order valence-corrected chi connectivity index (χ4v) is 1.78. The lowest BCUT2D eigenvalue weighted by Gasteiger charge is -2.20. The number of carbonyl (C=O) groups excluding carboxylic acids is 1. The Morgan fingerprint density at radius 2 is 2.16 bits per heavy atom. The molecule has 0 saturated carbocycles. The average molecular weight is 268 g/mol. The van der Waals surface area contributed by atoms with Crippen molar-refractivity contribution in [3.63, 3.8) is 0 Å². The molecule has 0 bridgehead atoms. The lowest BCUT2D eigenvalue weighted by molar-refractivity contribution is 0.0601. The highest BCUT2D eigenvalue weighted by Crippen LogP contribution is 2.19. The molecule has 5 heteroatoms. The highest BCUT2D eigenvalue weighted by Gasteiger charge is 2.15. The second-order valence-electron chi connectivity index (χ2n) is 4.80. The van der Waals surface area contributed by atoms with Gasteiger partial charge in [-0.1, -0.05) is 13.8 Å². The second-order valence-corrected chi connectivity index (χ2v) is 4.80. The highest BCUT2D eigenvalue weighted by atomic mass is 19.1. The van der Waals surface area contributed by atoms with Crippen molar-refractivity contribution in [2.45, 2.75) is 13.8 Å². The van der Waals surface area contributed by atoms with Crippen LogP contribution in [0.5, 0.6) is 0 Å². The molecule has 1 aromatic carbocycles. The van der Waals surface area contributed by atoms with Gasteiger partial charge in [-0.25, -0.2) is 9.18 Å². The van der Waals surface area contributed by atoms with Gasteiger partial charge in [0.25, 0.3) is 0 Å². The maximum atomic E-state index is 13.2. The van der Waals surface area contributed by atoms with Gasteiger partial charge in [0.15, 0.2) is 0 Å². The number of benzene rings is 1. The van der Waals surface area contributed by atoms with Crippen LogP contribution in [0.1, 0.15) is 24.2 Å². The quantitative estimate of drug-likeness (QED) is 0.777. The molecule has 1 atom stereocenters. The van der Waals surface area contributed by atoms with Crippen molar-refractivity contribution in [3.05, 3.63) is 29.6 Å². The molecule has 3 N–H and O–H groups in total. The summed E-state index contributed by atoms with van der Waals surface area (Å²) in [6.07, 6.45) is 0. The Balaban J connectivity index is 2.85. The topological polar surface area (TPSA) is 64.3 Å². The van der Waals surface area contributed by atoms with Gasteiger partial charge in [0, 0.05) is 12.2 Å². The van der Waals surface area contributed by atoms with E-state index in [4.69, 9.17) is 5.73 Å². The first kappa shape index (κ1) is 15.4. The van der Waals surface area contributed by atoms with Gasteiger partial charge < -0.3 is 15.8 Å². The Labute approximate surface area is 113 Å². The van der Waals surface area contributed by atoms with Crippen LogP contribution in [-0.4, -0.2) is 26.2 Å². The maximum absolute atomic E-state index is 13.2. The normalized spacial score (nSPS) is 12.3. The van der Waals surface area contributed by atoms with E-state index >= 15 is 0 Å². The molecule has 0 aliphatic carbocycles. The van der Waals surface area contributed by atoms with Gasteiger partial charge in [-0.15, -0.1) is 0 Å². The van der Waals surface area contributed by atoms with E-state index in [0.717, 1.165) is 0 Å². The van der Waals surface area contributed by atoms with Crippen molar-refractivity contribution in [1.82, 2.24) is 0 Å². The van der Waals surface area contributed by atoms with Crippen molar-refractivity contribution >= 4 is 11.7 Å². The summed E-state index contributed by atoms with van der Waals surface area (Å²) in [5, 5.41) is 3.14. The van der Waals surface area contributed by atoms with Crippen LogP contribution in [0.4, 0.5) is 10.1 Å². The van der Waals surface area contributed by atoms with Crippen LogP contribution in [-0.2, 0) is 4.74 Å². The minimum Gasteiger partial charge on any atom is -0.465 e. The standard InChI is InChI=1S/C14H21FN2O2/c1-9(2)10(7-16)8-17-13-5-4-11(15)6-12(13)14(18)19-3/h4-6,9-10,17H,7-8,16H2,1-3H3. The van der Waals surface area contributed by atoms with E-state index in [2.05, 4.69) is 23.9 Å². The number of hydrogen-bond acceptors (Lipinski definition) is 4. The molecule has 0 amide bonds. The third kappa shape index (κ3) is 4.21. The van der Waals surface area contributed by atoms with Gasteiger partial charge in [0.1, 0.15) is 5.82 Å². The first-order valence-electron chi connectivity index (χ1n) is 6.31. The Bertz CT molecular complexity index is 435. The first-order valence-corrected chi connectivity index (χ1v) is 6.31. The van der Waals surface area contributed by atoms with Gasteiger partial charge in [0.2, 0.25) is 0 Å². The van der Waals surface area contributed by atoms with E-state index < -0.39 is 11.8 Å². The number of rotatable bonds is 6. The van der Waals surface area contributed by atoms with E-state index in [1.165, 1.54) is 25.3 Å². The average Bonchev–Trinajstić information content (AvgIpc) is 2.39. The third-order valence-corrected chi connectivity index (χ3v) is 3.19. The number of hydrogen-bond donors (Lipinski definition) is 2. The lowest BCUT2D eigenvalue weighted by Crippen LogP contribution is -2.27. The number of halogens is 1. The maximum Gasteiger partial charge on any atom is 0.340 e. The largest absolute Gasteiger partial charge is 0.465 e. The number of nitrogens with two attached hydrogens (primary N) is 1. The molecule has 0 heterocycles. The zero-order valence-corrected chi connectivity index (χ0v) is 11.6. The monoisotopic (exact) mass is 268 g/mol. The van der Waals surface area contributed by atoms with E-state index in [1.807, 2.05) is 0 Å². The summed E-state index contributed by atoms with van der Waals surface area (Å²) < 4.78 is 17.8. The summed E-state index contributed by atoms with van der Waals surface area (Å²) in [5.41, 5.74) is 6.45. The minimum atomic E-state index is -0.559. The molecule has 0 fully saturated rings. The third-order valence-electron chi connectivity index (χ3n) is 3.19. The molecule has 1 aromatic rings. The second kappa shape index (κ2) is 7.09. The summed E-state index contributed by atoms with van der Waals surface area (Å²) >= 11 is 0. The fourth-order valence-electron chi connectivity index (χ4n) is 1.78. The number of nitrogens with one attached hydrogen (secondary N) is 1. The van der Waals surface area contributed by atoms with Gasteiger partial charge in [-0.05, 0) is 36.6 Å². The number of ether oxygens (including phenoxy) is 1. The van der Waals surface area contributed by atoms with Crippen LogP contribution in [0.25, 0.3) is 0 Å². The Hall–Kier alpha value is -1.62. The molecular formula is C14H21FN2O2. The van der Waals surface area contributed by atoms with Crippen LogP contribution in [0.15, 0.2) is 18.2 Å².